The minimum absolute atomic E-state index is 0.297. The van der Waals surface area contributed by atoms with Crippen LogP contribution < -0.4 is 0 Å². The molecule has 0 N–H and O–H groups in total. The Labute approximate surface area is 100 Å². The molecule has 84 valence electrons. The Bertz CT molecular complexity index is 500. The standard InChI is InChI=1S/C9H8N2O3S2/c1-2-13-9(12)14-16-7-5-3-4-6-8(7)15-11-10-6/h3-5H,2H2,1H3. The van der Waals surface area contributed by atoms with Gasteiger partial charge < -0.3 is 8.92 Å². The Hall–Kier alpha value is -1.34. The fourth-order valence-electron chi connectivity index (χ4n) is 1.07. The topological polar surface area (TPSA) is 61.3 Å². The molecule has 0 fully saturated rings. The third kappa shape index (κ3) is 2.42. The van der Waals surface area contributed by atoms with E-state index in [0.717, 1.165) is 27.2 Å². The molecule has 1 heterocycles. The van der Waals surface area contributed by atoms with E-state index in [2.05, 4.69) is 14.3 Å². The maximum Gasteiger partial charge on any atom is 0.521 e. The van der Waals surface area contributed by atoms with E-state index in [9.17, 15) is 4.79 Å². The van der Waals surface area contributed by atoms with Crippen molar-refractivity contribution >= 4 is 39.9 Å². The van der Waals surface area contributed by atoms with Gasteiger partial charge in [-0.05, 0) is 30.6 Å². The van der Waals surface area contributed by atoms with Crippen LogP contribution in [0.25, 0.3) is 10.2 Å². The van der Waals surface area contributed by atoms with E-state index in [1.165, 1.54) is 11.5 Å². The molecule has 0 spiro atoms. The molecule has 0 saturated carbocycles. The fraction of sp³-hybridized carbons (Fsp3) is 0.222. The molecule has 5 nitrogen and oxygen atoms in total. The summed E-state index contributed by atoms with van der Waals surface area (Å²) in [7, 11) is 0. The zero-order valence-electron chi connectivity index (χ0n) is 8.37. The van der Waals surface area contributed by atoms with Gasteiger partial charge in [-0.1, -0.05) is 10.6 Å². The molecule has 0 radical (unpaired) electrons. The Balaban J connectivity index is 2.09. The molecule has 0 amide bonds. The van der Waals surface area contributed by atoms with Crippen molar-refractivity contribution in [3.63, 3.8) is 0 Å². The van der Waals surface area contributed by atoms with Gasteiger partial charge in [0.15, 0.2) is 0 Å². The van der Waals surface area contributed by atoms with Gasteiger partial charge >= 0.3 is 6.16 Å². The molecular weight excluding hydrogens is 248 g/mol. The highest BCUT2D eigenvalue weighted by atomic mass is 32.2. The van der Waals surface area contributed by atoms with Gasteiger partial charge in [-0.2, -0.15) is 0 Å². The summed E-state index contributed by atoms with van der Waals surface area (Å²) in [4.78, 5) is 11.8. The summed E-state index contributed by atoms with van der Waals surface area (Å²) in [5.41, 5.74) is 0.794. The molecule has 0 saturated heterocycles. The van der Waals surface area contributed by atoms with Gasteiger partial charge in [-0.3, -0.25) is 0 Å². The van der Waals surface area contributed by atoms with Gasteiger partial charge in [-0.15, -0.1) is 5.10 Å². The third-order valence-corrected chi connectivity index (χ3v) is 3.34. The van der Waals surface area contributed by atoms with E-state index in [0.29, 0.717) is 6.61 Å². The first kappa shape index (κ1) is 11.2. The second-order valence-electron chi connectivity index (χ2n) is 2.73. The molecule has 0 aliphatic rings. The molecule has 2 aromatic rings. The van der Waals surface area contributed by atoms with E-state index in [-0.39, 0.29) is 0 Å². The molecular formula is C9H8N2O3S2. The number of carbonyl (C=O) groups excluding carboxylic acids is 1. The molecule has 0 unspecified atom stereocenters. The molecule has 7 heteroatoms. The van der Waals surface area contributed by atoms with Crippen molar-refractivity contribution in [3.8, 4) is 0 Å². The molecule has 2 rings (SSSR count). The van der Waals surface area contributed by atoms with Crippen LogP contribution in [0.1, 0.15) is 6.92 Å². The average Bonchev–Trinajstić information content (AvgIpc) is 2.75. The van der Waals surface area contributed by atoms with E-state index in [1.54, 1.807) is 6.92 Å². The van der Waals surface area contributed by atoms with Crippen molar-refractivity contribution < 1.29 is 13.7 Å². The van der Waals surface area contributed by atoms with Gasteiger partial charge in [0.2, 0.25) is 0 Å². The van der Waals surface area contributed by atoms with Crippen LogP contribution in [0, 0.1) is 0 Å². The van der Waals surface area contributed by atoms with Gasteiger partial charge in [-0.25, -0.2) is 4.79 Å². The second kappa shape index (κ2) is 5.13. The Kier molecular flexibility index (Phi) is 3.58. The number of fused-ring (bicyclic) bond motifs is 1. The quantitative estimate of drug-likeness (QED) is 0.621. The van der Waals surface area contributed by atoms with Crippen LogP contribution in [-0.2, 0) is 8.92 Å². The lowest BCUT2D eigenvalue weighted by molar-refractivity contribution is 0.111. The number of hydrogen-bond donors (Lipinski definition) is 0. The summed E-state index contributed by atoms with van der Waals surface area (Å²) in [5.74, 6) is 0. The molecule has 16 heavy (non-hydrogen) atoms. The largest absolute Gasteiger partial charge is 0.521 e. The Morgan fingerprint density at radius 3 is 3.25 bits per heavy atom. The number of ether oxygens (including phenoxy) is 1. The molecule has 0 bridgehead atoms. The highest BCUT2D eigenvalue weighted by Gasteiger charge is 2.09. The summed E-state index contributed by atoms with van der Waals surface area (Å²) in [6, 6.07) is 5.53. The minimum atomic E-state index is -0.693. The maximum absolute atomic E-state index is 11.0. The smallest absolute Gasteiger partial charge is 0.434 e. The molecule has 1 aromatic carbocycles. The van der Waals surface area contributed by atoms with Gasteiger partial charge in [0, 0.05) is 0 Å². The third-order valence-electron chi connectivity index (χ3n) is 1.70. The number of aromatic nitrogens is 2. The van der Waals surface area contributed by atoms with E-state index < -0.39 is 6.16 Å². The lowest BCUT2D eigenvalue weighted by Gasteiger charge is -2.02. The fourth-order valence-corrected chi connectivity index (χ4v) is 2.37. The zero-order chi connectivity index (χ0) is 11.4. The summed E-state index contributed by atoms with van der Waals surface area (Å²) < 4.78 is 14.2. The van der Waals surface area contributed by atoms with Crippen molar-refractivity contribution in [1.29, 1.82) is 0 Å². The number of nitrogens with zero attached hydrogens (tertiary/aromatic N) is 2. The number of carbonyl (C=O) groups is 1. The van der Waals surface area contributed by atoms with Crippen LogP contribution in [0.2, 0.25) is 0 Å². The van der Waals surface area contributed by atoms with Gasteiger partial charge in [0.05, 0.1) is 16.2 Å². The lowest BCUT2D eigenvalue weighted by Crippen LogP contribution is -2.01. The van der Waals surface area contributed by atoms with Gasteiger partial charge in [0.25, 0.3) is 0 Å². The first-order valence-electron chi connectivity index (χ1n) is 4.53. The molecule has 1 aromatic heterocycles. The first-order valence-corrected chi connectivity index (χ1v) is 6.05. The van der Waals surface area contributed by atoms with Crippen molar-refractivity contribution in [2.24, 2.45) is 0 Å². The minimum Gasteiger partial charge on any atom is -0.434 e. The van der Waals surface area contributed by atoms with Crippen molar-refractivity contribution in [2.75, 3.05) is 6.61 Å². The highest BCUT2D eigenvalue weighted by Crippen LogP contribution is 2.29. The predicted molar refractivity (Wildman–Crippen MR) is 61.4 cm³/mol. The van der Waals surface area contributed by atoms with E-state index in [1.807, 2.05) is 18.2 Å². The SMILES string of the molecule is CCOC(=O)OSc1cccc2nnsc12. The van der Waals surface area contributed by atoms with Crippen LogP contribution in [0.4, 0.5) is 4.79 Å². The first-order chi connectivity index (χ1) is 7.81. The molecule has 0 atom stereocenters. The Morgan fingerprint density at radius 2 is 2.44 bits per heavy atom. The van der Waals surface area contributed by atoms with Crippen LogP contribution in [-0.4, -0.2) is 22.3 Å². The summed E-state index contributed by atoms with van der Waals surface area (Å²) in [6.45, 7) is 2.02. The van der Waals surface area contributed by atoms with Crippen molar-refractivity contribution in [3.05, 3.63) is 18.2 Å². The second-order valence-corrected chi connectivity index (χ2v) is 4.25. The van der Waals surface area contributed by atoms with Crippen LogP contribution in [0.5, 0.6) is 0 Å². The zero-order valence-corrected chi connectivity index (χ0v) is 10.0. The monoisotopic (exact) mass is 256 g/mol. The lowest BCUT2D eigenvalue weighted by atomic mass is 10.3. The molecule has 0 aliphatic heterocycles. The van der Waals surface area contributed by atoms with Crippen LogP contribution >= 0.6 is 23.6 Å². The maximum atomic E-state index is 11.0. The highest BCUT2D eigenvalue weighted by molar-refractivity contribution is 7.95. The predicted octanol–water partition coefficient (Wildman–Crippen LogP) is 2.87. The Morgan fingerprint density at radius 1 is 1.56 bits per heavy atom. The number of hydrogen-bond acceptors (Lipinski definition) is 7. The van der Waals surface area contributed by atoms with E-state index >= 15 is 0 Å². The summed E-state index contributed by atoms with van der Waals surface area (Å²) >= 11 is 2.22. The summed E-state index contributed by atoms with van der Waals surface area (Å²) in [5, 5.41) is 3.93. The van der Waals surface area contributed by atoms with E-state index in [4.69, 9.17) is 4.18 Å². The number of benzene rings is 1. The normalized spacial score (nSPS) is 10.3. The van der Waals surface area contributed by atoms with Gasteiger partial charge in [0.1, 0.15) is 17.6 Å². The summed E-state index contributed by atoms with van der Waals surface area (Å²) in [6.07, 6.45) is -0.693. The molecule has 0 aliphatic carbocycles. The average molecular weight is 256 g/mol. The number of rotatable bonds is 3. The van der Waals surface area contributed by atoms with Crippen molar-refractivity contribution in [1.82, 2.24) is 9.59 Å². The van der Waals surface area contributed by atoms with Crippen LogP contribution in [0.3, 0.4) is 0 Å². The van der Waals surface area contributed by atoms with Crippen LogP contribution in [0.15, 0.2) is 23.1 Å². The van der Waals surface area contributed by atoms with Crippen molar-refractivity contribution in [2.45, 2.75) is 11.8 Å².